The first kappa shape index (κ1) is 14.0. The van der Waals surface area contributed by atoms with Crippen molar-refractivity contribution in [2.24, 2.45) is 0 Å². The molecule has 0 bridgehead atoms. The zero-order valence-electron chi connectivity index (χ0n) is 11.0. The molecule has 2 atom stereocenters. The fourth-order valence-electron chi connectivity index (χ4n) is 2.18. The molecule has 1 aliphatic rings. The summed E-state index contributed by atoms with van der Waals surface area (Å²) in [4.78, 5) is 0. The second-order valence-corrected chi connectivity index (χ2v) is 4.97. The van der Waals surface area contributed by atoms with Crippen molar-refractivity contribution >= 4 is 0 Å². The predicted molar refractivity (Wildman–Crippen MR) is 67.5 cm³/mol. The Labute approximate surface area is 101 Å². The van der Waals surface area contributed by atoms with E-state index in [1.54, 1.807) is 0 Å². The Balaban J connectivity index is 1.78. The first-order valence-corrected chi connectivity index (χ1v) is 7.10. The first-order valence-electron chi connectivity index (χ1n) is 7.10. The predicted octanol–water partition coefficient (Wildman–Crippen LogP) is 4.28. The van der Waals surface area contributed by atoms with Crippen molar-refractivity contribution in [1.82, 2.24) is 0 Å². The normalized spacial score (nSPS) is 25.1. The molecule has 0 radical (unpaired) electrons. The lowest BCUT2D eigenvalue weighted by Gasteiger charge is -2.09. The molecule has 1 aliphatic heterocycles. The molecule has 0 aromatic rings. The van der Waals surface area contributed by atoms with Gasteiger partial charge in [0.25, 0.3) is 0 Å². The molecule has 1 saturated heterocycles. The summed E-state index contributed by atoms with van der Waals surface area (Å²) in [5.41, 5.74) is 0. The minimum Gasteiger partial charge on any atom is -0.350 e. The standard InChI is InChI=1S/C14H28O2/c1-3-4-5-6-7-8-9-10-11-14-15-12-13(2)16-14/h13-14H,3-12H2,1-2H3/t13-,14+/m1/s1. The van der Waals surface area contributed by atoms with E-state index in [4.69, 9.17) is 9.47 Å². The molecule has 0 N–H and O–H groups in total. The average molecular weight is 228 g/mol. The van der Waals surface area contributed by atoms with E-state index in [1.165, 1.54) is 51.4 Å². The Bertz CT molecular complexity index is 159. The van der Waals surface area contributed by atoms with Gasteiger partial charge in [0.1, 0.15) is 0 Å². The Morgan fingerprint density at radius 2 is 1.56 bits per heavy atom. The van der Waals surface area contributed by atoms with Crippen LogP contribution in [0.3, 0.4) is 0 Å². The van der Waals surface area contributed by atoms with Crippen LogP contribution < -0.4 is 0 Å². The highest BCUT2D eigenvalue weighted by molar-refractivity contribution is 4.60. The van der Waals surface area contributed by atoms with E-state index in [2.05, 4.69) is 13.8 Å². The molecular weight excluding hydrogens is 200 g/mol. The number of hydrogen-bond donors (Lipinski definition) is 0. The van der Waals surface area contributed by atoms with Crippen LogP contribution in [0.15, 0.2) is 0 Å². The van der Waals surface area contributed by atoms with Gasteiger partial charge in [0.2, 0.25) is 0 Å². The molecule has 1 heterocycles. The molecule has 2 nitrogen and oxygen atoms in total. The van der Waals surface area contributed by atoms with Crippen molar-refractivity contribution in [2.75, 3.05) is 6.61 Å². The van der Waals surface area contributed by atoms with E-state index in [0.29, 0.717) is 6.10 Å². The second-order valence-electron chi connectivity index (χ2n) is 4.97. The van der Waals surface area contributed by atoms with Gasteiger partial charge in [-0.1, -0.05) is 51.9 Å². The quantitative estimate of drug-likeness (QED) is 0.548. The molecule has 0 saturated carbocycles. The molecule has 0 unspecified atom stereocenters. The van der Waals surface area contributed by atoms with Gasteiger partial charge >= 0.3 is 0 Å². The van der Waals surface area contributed by atoms with Crippen LogP contribution in [0.2, 0.25) is 0 Å². The van der Waals surface area contributed by atoms with E-state index >= 15 is 0 Å². The fourth-order valence-corrected chi connectivity index (χ4v) is 2.18. The Morgan fingerprint density at radius 3 is 2.12 bits per heavy atom. The maximum atomic E-state index is 5.60. The summed E-state index contributed by atoms with van der Waals surface area (Å²) in [6.45, 7) is 5.12. The molecule has 96 valence electrons. The number of ether oxygens (including phenoxy) is 2. The molecule has 0 amide bonds. The number of unbranched alkanes of at least 4 members (excludes halogenated alkanes) is 7. The number of hydrogen-bond acceptors (Lipinski definition) is 2. The Hall–Kier alpha value is -0.0800. The molecule has 16 heavy (non-hydrogen) atoms. The van der Waals surface area contributed by atoms with E-state index < -0.39 is 0 Å². The van der Waals surface area contributed by atoms with E-state index in [9.17, 15) is 0 Å². The summed E-state index contributed by atoms with van der Waals surface area (Å²) in [5, 5.41) is 0. The summed E-state index contributed by atoms with van der Waals surface area (Å²) in [7, 11) is 0. The SMILES string of the molecule is CCCCCCCCCC[C@H]1OC[C@@H](C)O1. The maximum absolute atomic E-state index is 5.60. The van der Waals surface area contributed by atoms with Gasteiger partial charge < -0.3 is 9.47 Å². The highest BCUT2D eigenvalue weighted by Crippen LogP contribution is 2.17. The summed E-state index contributed by atoms with van der Waals surface area (Å²) in [6, 6.07) is 0. The summed E-state index contributed by atoms with van der Waals surface area (Å²) < 4.78 is 11.1. The smallest absolute Gasteiger partial charge is 0.158 e. The van der Waals surface area contributed by atoms with Gasteiger partial charge in [-0.2, -0.15) is 0 Å². The minimum atomic E-state index is 0.0927. The molecular formula is C14H28O2. The van der Waals surface area contributed by atoms with E-state index in [1.807, 2.05) is 0 Å². The van der Waals surface area contributed by atoms with Crippen LogP contribution in [-0.4, -0.2) is 19.0 Å². The number of rotatable bonds is 9. The summed E-state index contributed by atoms with van der Waals surface area (Å²) in [5.74, 6) is 0. The molecule has 2 heteroatoms. The van der Waals surface area contributed by atoms with Gasteiger partial charge in [0, 0.05) is 0 Å². The molecule has 0 aromatic heterocycles. The van der Waals surface area contributed by atoms with Crippen LogP contribution in [-0.2, 0) is 9.47 Å². The van der Waals surface area contributed by atoms with E-state index in [0.717, 1.165) is 13.0 Å². The first-order chi connectivity index (χ1) is 7.83. The molecule has 0 spiro atoms. The van der Waals surface area contributed by atoms with Crippen LogP contribution in [0.1, 0.15) is 71.6 Å². The van der Waals surface area contributed by atoms with Gasteiger partial charge in [-0.25, -0.2) is 0 Å². The fraction of sp³-hybridized carbons (Fsp3) is 1.00. The van der Waals surface area contributed by atoms with Crippen molar-refractivity contribution in [2.45, 2.75) is 84.0 Å². The summed E-state index contributed by atoms with van der Waals surface area (Å²) >= 11 is 0. The van der Waals surface area contributed by atoms with Crippen LogP contribution >= 0.6 is 0 Å². The Morgan fingerprint density at radius 1 is 0.938 bits per heavy atom. The molecule has 1 rings (SSSR count). The molecule has 0 aromatic carbocycles. The third-order valence-corrected chi connectivity index (χ3v) is 3.19. The highest BCUT2D eigenvalue weighted by atomic mass is 16.7. The average Bonchev–Trinajstić information content (AvgIpc) is 2.68. The second kappa shape index (κ2) is 9.00. The van der Waals surface area contributed by atoms with Crippen LogP contribution in [0.4, 0.5) is 0 Å². The van der Waals surface area contributed by atoms with Gasteiger partial charge in [0.15, 0.2) is 6.29 Å². The summed E-state index contributed by atoms with van der Waals surface area (Å²) in [6.07, 6.45) is 12.4. The zero-order valence-corrected chi connectivity index (χ0v) is 11.0. The lowest BCUT2D eigenvalue weighted by molar-refractivity contribution is -0.0604. The van der Waals surface area contributed by atoms with Gasteiger partial charge in [-0.05, 0) is 19.8 Å². The van der Waals surface area contributed by atoms with Crippen molar-refractivity contribution in [3.05, 3.63) is 0 Å². The van der Waals surface area contributed by atoms with Crippen molar-refractivity contribution in [1.29, 1.82) is 0 Å². The monoisotopic (exact) mass is 228 g/mol. The highest BCUT2D eigenvalue weighted by Gasteiger charge is 2.21. The van der Waals surface area contributed by atoms with Crippen LogP contribution in [0, 0.1) is 0 Å². The van der Waals surface area contributed by atoms with Crippen LogP contribution in [0.5, 0.6) is 0 Å². The lowest BCUT2D eigenvalue weighted by Crippen LogP contribution is -2.08. The van der Waals surface area contributed by atoms with Crippen molar-refractivity contribution in [3.63, 3.8) is 0 Å². The van der Waals surface area contributed by atoms with Gasteiger partial charge in [0.05, 0.1) is 12.7 Å². The van der Waals surface area contributed by atoms with E-state index in [-0.39, 0.29) is 6.29 Å². The lowest BCUT2D eigenvalue weighted by atomic mass is 10.1. The third kappa shape index (κ3) is 6.49. The van der Waals surface area contributed by atoms with Crippen molar-refractivity contribution in [3.8, 4) is 0 Å². The van der Waals surface area contributed by atoms with Gasteiger partial charge in [-0.3, -0.25) is 0 Å². The Kier molecular flexibility index (Phi) is 7.87. The van der Waals surface area contributed by atoms with Crippen LogP contribution in [0.25, 0.3) is 0 Å². The third-order valence-electron chi connectivity index (χ3n) is 3.19. The zero-order chi connectivity index (χ0) is 11.6. The largest absolute Gasteiger partial charge is 0.350 e. The minimum absolute atomic E-state index is 0.0927. The topological polar surface area (TPSA) is 18.5 Å². The van der Waals surface area contributed by atoms with Crippen molar-refractivity contribution < 1.29 is 9.47 Å². The molecule has 0 aliphatic carbocycles. The molecule has 1 fully saturated rings. The maximum Gasteiger partial charge on any atom is 0.158 e. The van der Waals surface area contributed by atoms with Gasteiger partial charge in [-0.15, -0.1) is 0 Å².